The fourth-order valence-electron chi connectivity index (χ4n) is 9.73. The van der Waals surface area contributed by atoms with E-state index in [2.05, 4.69) is 6.92 Å². The molecular weight excluding hydrogens is 915 g/mol. The second-order valence-corrected chi connectivity index (χ2v) is 19.3. The van der Waals surface area contributed by atoms with E-state index in [4.69, 9.17) is 47.4 Å². The predicted octanol–water partition coefficient (Wildman–Crippen LogP) is 7.19. The lowest BCUT2D eigenvalue weighted by Gasteiger charge is -2.39. The SMILES string of the molecule is COC1C=CC(C)C(C(C)C(OC)C(C)CCC(=O)C(C)C(CC=CN(C)C=O)OC)OC(=O)C=CC=C(C)CC(OC)C(OC)C2=CC(=O)OC(C2O)C(C)C(OC)CC(OC)C=CC(C)C(OC)C1. The molecule has 0 radical (unpaired) electrons. The second-order valence-electron chi connectivity index (χ2n) is 19.3. The molecule has 0 aliphatic carbocycles. The number of hydrogen-bond donors (Lipinski definition) is 1. The molecule has 2 rings (SSSR count). The number of Topliss-reactive ketones (excluding diaryl/α,β-unsaturated/α-hetero) is 1. The molecular formula is C55H89NO15. The summed E-state index contributed by atoms with van der Waals surface area (Å²) in [4.78, 5) is 52.9. The van der Waals surface area contributed by atoms with Gasteiger partial charge in [0.1, 0.15) is 30.2 Å². The number of allylic oxidation sites excluding steroid dienone is 2. The van der Waals surface area contributed by atoms with E-state index in [0.717, 1.165) is 5.57 Å². The van der Waals surface area contributed by atoms with Crippen molar-refractivity contribution in [2.24, 2.45) is 35.5 Å². The fraction of sp³-hybridized carbons (Fsp3) is 0.709. The fourth-order valence-corrected chi connectivity index (χ4v) is 9.73. The van der Waals surface area contributed by atoms with Crippen LogP contribution in [0.2, 0.25) is 0 Å². The van der Waals surface area contributed by atoms with Gasteiger partial charge in [0.2, 0.25) is 6.41 Å². The highest BCUT2D eigenvalue weighted by atomic mass is 16.6. The first-order valence-electron chi connectivity index (χ1n) is 24.9. The molecule has 17 unspecified atom stereocenters. The molecule has 0 aromatic carbocycles. The van der Waals surface area contributed by atoms with Crippen molar-refractivity contribution in [3.8, 4) is 0 Å². The second kappa shape index (κ2) is 33.1. The van der Waals surface area contributed by atoms with E-state index in [0.29, 0.717) is 50.5 Å². The third-order valence-electron chi connectivity index (χ3n) is 14.4. The van der Waals surface area contributed by atoms with Gasteiger partial charge in [0.15, 0.2) is 0 Å². The number of ether oxygens (including phenoxy) is 10. The molecule has 2 aliphatic heterocycles. The normalized spacial score (nSPS) is 31.1. The molecule has 404 valence electrons. The van der Waals surface area contributed by atoms with Crippen molar-refractivity contribution in [1.82, 2.24) is 4.90 Å². The van der Waals surface area contributed by atoms with Crippen molar-refractivity contribution in [2.45, 2.75) is 154 Å². The number of cyclic esters (lactones) is 1. The van der Waals surface area contributed by atoms with Crippen LogP contribution < -0.4 is 0 Å². The maximum atomic E-state index is 13.8. The number of methoxy groups -OCH3 is 8. The zero-order chi connectivity index (χ0) is 53.4. The molecule has 0 saturated carbocycles. The molecule has 2 aliphatic rings. The summed E-state index contributed by atoms with van der Waals surface area (Å²) in [5.74, 6) is -2.75. The molecule has 17 atom stereocenters. The maximum absolute atomic E-state index is 13.8. The molecule has 1 N–H and O–H groups in total. The first-order valence-corrected chi connectivity index (χ1v) is 24.9. The lowest BCUT2D eigenvalue weighted by molar-refractivity contribution is -0.162. The number of amides is 1. The first kappa shape index (κ1) is 63.3. The lowest BCUT2D eigenvalue weighted by atomic mass is 9.81. The summed E-state index contributed by atoms with van der Waals surface area (Å²) in [6.07, 6.45) is 14.2. The summed E-state index contributed by atoms with van der Waals surface area (Å²) >= 11 is 0. The average Bonchev–Trinajstić information content (AvgIpc) is 3.36. The molecule has 0 fully saturated rings. The van der Waals surface area contributed by atoms with Gasteiger partial charge < -0.3 is 57.4 Å². The van der Waals surface area contributed by atoms with Crippen LogP contribution in [0.25, 0.3) is 0 Å². The average molecular weight is 1000 g/mol. The smallest absolute Gasteiger partial charge is 0.331 e. The van der Waals surface area contributed by atoms with Gasteiger partial charge in [0.25, 0.3) is 0 Å². The van der Waals surface area contributed by atoms with Crippen LogP contribution in [0, 0.1) is 35.5 Å². The predicted molar refractivity (Wildman–Crippen MR) is 272 cm³/mol. The van der Waals surface area contributed by atoms with Crippen LogP contribution in [0.1, 0.15) is 87.0 Å². The summed E-state index contributed by atoms with van der Waals surface area (Å²) in [6, 6.07) is 0. The summed E-state index contributed by atoms with van der Waals surface area (Å²) in [5.41, 5.74) is 1.15. The first-order chi connectivity index (χ1) is 33.8. The molecule has 71 heavy (non-hydrogen) atoms. The Bertz CT molecular complexity index is 1790. The zero-order valence-electron chi connectivity index (χ0n) is 45.5. The van der Waals surface area contributed by atoms with E-state index < -0.39 is 60.6 Å². The number of carbonyl (C=O) groups is 4. The number of rotatable bonds is 20. The van der Waals surface area contributed by atoms with Crippen LogP contribution >= 0.6 is 0 Å². The molecule has 1 amide bonds. The van der Waals surface area contributed by atoms with Crippen LogP contribution in [0.4, 0.5) is 0 Å². The number of hydrogen-bond acceptors (Lipinski definition) is 15. The highest BCUT2D eigenvalue weighted by Gasteiger charge is 2.43. The van der Waals surface area contributed by atoms with Crippen molar-refractivity contribution in [3.05, 3.63) is 72.0 Å². The highest BCUT2D eigenvalue weighted by Crippen LogP contribution is 2.34. The molecule has 0 aromatic rings. The number of fused-ring (bicyclic) bond motifs is 2. The third-order valence-corrected chi connectivity index (χ3v) is 14.4. The van der Waals surface area contributed by atoms with Gasteiger partial charge in [-0.1, -0.05) is 89.6 Å². The van der Waals surface area contributed by atoms with Gasteiger partial charge in [-0.25, -0.2) is 9.59 Å². The van der Waals surface area contributed by atoms with Crippen molar-refractivity contribution < 1.29 is 71.7 Å². The number of ketones is 1. The minimum atomic E-state index is -1.22. The quantitative estimate of drug-likeness (QED) is 0.0734. The Balaban J connectivity index is 2.59. The zero-order valence-corrected chi connectivity index (χ0v) is 45.5. The topological polar surface area (TPSA) is 184 Å². The van der Waals surface area contributed by atoms with E-state index in [1.165, 1.54) is 31.3 Å². The molecule has 2 bridgehead atoms. The number of aliphatic hydroxyl groups is 1. The molecule has 0 saturated heterocycles. The number of nitrogens with zero attached hydrogens (tertiary/aromatic N) is 1. The van der Waals surface area contributed by atoms with Crippen molar-refractivity contribution >= 4 is 24.1 Å². The minimum absolute atomic E-state index is 0.0551. The third kappa shape index (κ3) is 19.8. The van der Waals surface area contributed by atoms with E-state index in [1.807, 2.05) is 71.9 Å². The van der Waals surface area contributed by atoms with Crippen LogP contribution in [0.3, 0.4) is 0 Å². The Morgan fingerprint density at radius 2 is 1.41 bits per heavy atom. The monoisotopic (exact) mass is 1000 g/mol. The van der Waals surface area contributed by atoms with Crippen molar-refractivity contribution in [2.75, 3.05) is 63.9 Å². The largest absolute Gasteiger partial charge is 0.458 e. The van der Waals surface area contributed by atoms with Crippen LogP contribution in [-0.4, -0.2) is 165 Å². The minimum Gasteiger partial charge on any atom is -0.458 e. The summed E-state index contributed by atoms with van der Waals surface area (Å²) in [5, 5.41) is 11.8. The van der Waals surface area contributed by atoms with Gasteiger partial charge in [-0.3, -0.25) is 9.59 Å². The van der Waals surface area contributed by atoms with E-state index in [9.17, 15) is 24.3 Å². The van der Waals surface area contributed by atoms with Gasteiger partial charge in [-0.05, 0) is 32.1 Å². The molecule has 16 nitrogen and oxygen atoms in total. The van der Waals surface area contributed by atoms with Crippen LogP contribution in [0.5, 0.6) is 0 Å². The Labute approximate surface area is 425 Å². The van der Waals surface area contributed by atoms with Gasteiger partial charge in [0, 0.05) is 137 Å². The summed E-state index contributed by atoms with van der Waals surface area (Å²) in [7, 11) is 14.4. The van der Waals surface area contributed by atoms with E-state index in [-0.39, 0.29) is 59.8 Å². The van der Waals surface area contributed by atoms with Gasteiger partial charge in [0.05, 0.1) is 42.7 Å². The number of carbonyl (C=O) groups excluding carboxylic acids is 4. The van der Waals surface area contributed by atoms with Crippen molar-refractivity contribution in [1.29, 1.82) is 0 Å². The Morgan fingerprint density at radius 1 is 0.803 bits per heavy atom. The van der Waals surface area contributed by atoms with Gasteiger partial charge in [-0.2, -0.15) is 0 Å². The highest BCUT2D eigenvalue weighted by molar-refractivity contribution is 5.84. The Kier molecular flexibility index (Phi) is 29.5. The lowest BCUT2D eigenvalue weighted by Crippen LogP contribution is -2.50. The van der Waals surface area contributed by atoms with Gasteiger partial charge >= 0.3 is 11.9 Å². The van der Waals surface area contributed by atoms with E-state index in [1.54, 1.807) is 68.1 Å². The molecule has 0 aromatic heterocycles. The number of esters is 2. The molecule has 2 heterocycles. The Hall–Kier alpha value is -3.84. The standard InChI is InChI=1S/C55H89NO15/c1-34-19-17-21-49(59)70-53(40(7)52(68-15)36(3)24-27-44(58)38(5)45(64-11)20-18-28-56(8)33-57)37(4)23-26-41(62-9)30-46(65-12)35(2)22-25-42(63-10)31-47(66-13)39(6)54-51(61)43(32-50(60)71-54)55(69-16)48(29-34)67-14/h17-19,21-23,25-26,28,32-33,35-42,45-48,51-55,61H,20,24,27,29-31H2,1-16H3. The Morgan fingerprint density at radius 3 is 1.96 bits per heavy atom. The molecule has 16 heteroatoms. The van der Waals surface area contributed by atoms with E-state index >= 15 is 0 Å². The summed E-state index contributed by atoms with van der Waals surface area (Å²) < 4.78 is 59.6. The van der Waals surface area contributed by atoms with Gasteiger partial charge in [-0.15, -0.1) is 0 Å². The summed E-state index contributed by atoms with van der Waals surface area (Å²) in [6.45, 7) is 13.7. The maximum Gasteiger partial charge on any atom is 0.331 e. The molecule has 0 spiro atoms. The number of aliphatic hydroxyl groups excluding tert-OH is 1. The van der Waals surface area contributed by atoms with Crippen molar-refractivity contribution in [3.63, 3.8) is 0 Å². The van der Waals surface area contributed by atoms with Crippen LogP contribution in [0.15, 0.2) is 72.0 Å². The van der Waals surface area contributed by atoms with Crippen LogP contribution in [-0.2, 0) is 66.5 Å².